The smallest absolute Gasteiger partial charge is 0.137 e. The van der Waals surface area contributed by atoms with Gasteiger partial charge in [0.15, 0.2) is 0 Å². The van der Waals surface area contributed by atoms with Gasteiger partial charge in [0, 0.05) is 6.20 Å². The number of nitrogens with zero attached hydrogens (tertiary/aromatic N) is 1. The summed E-state index contributed by atoms with van der Waals surface area (Å²) in [5, 5.41) is 0. The lowest BCUT2D eigenvalue weighted by molar-refractivity contribution is 0.120. The third-order valence-corrected chi connectivity index (χ3v) is 1.99. The van der Waals surface area contributed by atoms with Crippen molar-refractivity contribution in [3.63, 3.8) is 0 Å². The Kier molecular flexibility index (Phi) is 1.76. The van der Waals surface area contributed by atoms with Crippen molar-refractivity contribution in [2.24, 2.45) is 0 Å². The van der Waals surface area contributed by atoms with E-state index in [-0.39, 0.29) is 0 Å². The molecule has 0 aliphatic heterocycles. The van der Waals surface area contributed by atoms with E-state index in [1.165, 1.54) is 19.3 Å². The van der Waals surface area contributed by atoms with Crippen LogP contribution in [0.4, 0.5) is 0 Å². The fourth-order valence-corrected chi connectivity index (χ4v) is 1.10. The van der Waals surface area contributed by atoms with Gasteiger partial charge in [-0.15, -0.1) is 0 Å². The topological polar surface area (TPSA) is 22.1 Å². The molecule has 0 bridgehead atoms. The molecule has 1 aliphatic carbocycles. The van der Waals surface area contributed by atoms with Crippen LogP contribution in [0.25, 0.3) is 0 Å². The lowest BCUT2D eigenvalue weighted by Gasteiger charge is -2.25. The minimum absolute atomic E-state index is 0.458. The highest BCUT2D eigenvalue weighted by Crippen LogP contribution is 2.23. The van der Waals surface area contributed by atoms with Gasteiger partial charge < -0.3 is 4.74 Å². The number of rotatable bonds is 2. The molecule has 0 unspecified atom stereocenters. The number of pyridine rings is 1. The first-order valence-electron chi connectivity index (χ1n) is 4.02. The average molecular weight is 149 g/mol. The molecule has 1 aromatic rings. The summed E-state index contributed by atoms with van der Waals surface area (Å²) in [5.41, 5.74) is 0. The van der Waals surface area contributed by atoms with E-state index in [1.807, 2.05) is 12.1 Å². The minimum Gasteiger partial charge on any atom is -0.489 e. The van der Waals surface area contributed by atoms with Gasteiger partial charge in [0.25, 0.3) is 0 Å². The lowest BCUT2D eigenvalue weighted by atomic mass is 9.96. The maximum atomic E-state index is 5.59. The van der Waals surface area contributed by atoms with Crippen LogP contribution in [0.2, 0.25) is 0 Å². The molecular weight excluding hydrogens is 138 g/mol. The summed E-state index contributed by atoms with van der Waals surface area (Å²) < 4.78 is 5.59. The molecule has 58 valence electrons. The molecule has 2 heteroatoms. The second-order valence-electron chi connectivity index (χ2n) is 2.86. The Morgan fingerprint density at radius 1 is 1.45 bits per heavy atom. The van der Waals surface area contributed by atoms with Crippen molar-refractivity contribution in [2.45, 2.75) is 25.4 Å². The second kappa shape index (κ2) is 2.91. The standard InChI is InChI=1S/C9H11NO/c1-3-8(4-1)11-9-5-2-6-10-7-9/h2,5-8H,1,3-4H2. The predicted molar refractivity (Wildman–Crippen MR) is 42.5 cm³/mol. The van der Waals surface area contributed by atoms with Crippen LogP contribution < -0.4 is 4.74 Å². The van der Waals surface area contributed by atoms with Crippen molar-refractivity contribution in [3.8, 4) is 5.75 Å². The van der Waals surface area contributed by atoms with Gasteiger partial charge in [-0.3, -0.25) is 4.98 Å². The Morgan fingerprint density at radius 3 is 2.91 bits per heavy atom. The molecule has 0 radical (unpaired) electrons. The van der Waals surface area contributed by atoms with Gasteiger partial charge in [0.1, 0.15) is 5.75 Å². The molecule has 0 aromatic carbocycles. The van der Waals surface area contributed by atoms with E-state index in [0.29, 0.717) is 6.10 Å². The predicted octanol–water partition coefficient (Wildman–Crippen LogP) is 2.01. The summed E-state index contributed by atoms with van der Waals surface area (Å²) in [6, 6.07) is 3.85. The van der Waals surface area contributed by atoms with E-state index in [1.54, 1.807) is 12.4 Å². The van der Waals surface area contributed by atoms with Gasteiger partial charge in [-0.2, -0.15) is 0 Å². The highest BCUT2D eigenvalue weighted by atomic mass is 16.5. The molecular formula is C9H11NO. The Morgan fingerprint density at radius 2 is 2.36 bits per heavy atom. The van der Waals surface area contributed by atoms with Crippen molar-refractivity contribution in [1.82, 2.24) is 4.98 Å². The van der Waals surface area contributed by atoms with E-state index in [9.17, 15) is 0 Å². The third kappa shape index (κ3) is 1.50. The first kappa shape index (κ1) is 6.65. The molecule has 1 aromatic heterocycles. The maximum Gasteiger partial charge on any atom is 0.137 e. The van der Waals surface area contributed by atoms with Crippen LogP contribution in [-0.2, 0) is 0 Å². The zero-order valence-electron chi connectivity index (χ0n) is 6.36. The molecule has 2 rings (SSSR count). The monoisotopic (exact) mass is 149 g/mol. The molecule has 1 aliphatic rings. The number of aromatic nitrogens is 1. The molecule has 11 heavy (non-hydrogen) atoms. The van der Waals surface area contributed by atoms with E-state index in [4.69, 9.17) is 4.74 Å². The van der Waals surface area contributed by atoms with Crippen LogP contribution in [0.5, 0.6) is 5.75 Å². The first-order valence-corrected chi connectivity index (χ1v) is 4.02. The van der Waals surface area contributed by atoms with Gasteiger partial charge in [-0.1, -0.05) is 0 Å². The number of hydrogen-bond donors (Lipinski definition) is 0. The molecule has 1 fully saturated rings. The van der Waals surface area contributed by atoms with Crippen LogP contribution >= 0.6 is 0 Å². The van der Waals surface area contributed by atoms with Gasteiger partial charge in [-0.05, 0) is 31.4 Å². The van der Waals surface area contributed by atoms with Crippen molar-refractivity contribution in [3.05, 3.63) is 24.5 Å². The van der Waals surface area contributed by atoms with Gasteiger partial charge in [0.2, 0.25) is 0 Å². The Bertz CT molecular complexity index is 218. The molecule has 0 atom stereocenters. The summed E-state index contributed by atoms with van der Waals surface area (Å²) in [7, 11) is 0. The van der Waals surface area contributed by atoms with Gasteiger partial charge >= 0.3 is 0 Å². The van der Waals surface area contributed by atoms with E-state index >= 15 is 0 Å². The molecule has 0 spiro atoms. The fourth-order valence-electron chi connectivity index (χ4n) is 1.10. The first-order chi connectivity index (χ1) is 5.45. The van der Waals surface area contributed by atoms with Crippen LogP contribution in [0.15, 0.2) is 24.5 Å². The van der Waals surface area contributed by atoms with Gasteiger partial charge in [-0.25, -0.2) is 0 Å². The van der Waals surface area contributed by atoms with Crippen molar-refractivity contribution < 1.29 is 4.74 Å². The summed E-state index contributed by atoms with van der Waals surface area (Å²) in [5.74, 6) is 0.900. The Labute approximate surface area is 66.2 Å². The Balaban J connectivity index is 1.95. The van der Waals surface area contributed by atoms with Crippen molar-refractivity contribution >= 4 is 0 Å². The second-order valence-corrected chi connectivity index (χ2v) is 2.86. The third-order valence-electron chi connectivity index (χ3n) is 1.99. The molecule has 0 saturated heterocycles. The molecule has 0 N–H and O–H groups in total. The van der Waals surface area contributed by atoms with E-state index in [0.717, 1.165) is 5.75 Å². The highest BCUT2D eigenvalue weighted by molar-refractivity contribution is 5.16. The normalized spacial score (nSPS) is 17.5. The maximum absolute atomic E-state index is 5.59. The van der Waals surface area contributed by atoms with Crippen LogP contribution in [0.1, 0.15) is 19.3 Å². The summed E-state index contributed by atoms with van der Waals surface area (Å²) >= 11 is 0. The van der Waals surface area contributed by atoms with Crippen molar-refractivity contribution in [2.75, 3.05) is 0 Å². The highest BCUT2D eigenvalue weighted by Gasteiger charge is 2.18. The largest absolute Gasteiger partial charge is 0.489 e. The van der Waals surface area contributed by atoms with Gasteiger partial charge in [0.05, 0.1) is 12.3 Å². The van der Waals surface area contributed by atoms with Crippen molar-refractivity contribution in [1.29, 1.82) is 0 Å². The average Bonchev–Trinajstić information content (AvgIpc) is 1.99. The number of hydrogen-bond acceptors (Lipinski definition) is 2. The molecule has 0 amide bonds. The van der Waals surface area contributed by atoms with E-state index < -0.39 is 0 Å². The zero-order valence-corrected chi connectivity index (χ0v) is 6.36. The molecule has 1 saturated carbocycles. The summed E-state index contributed by atoms with van der Waals surface area (Å²) in [6.07, 6.45) is 7.69. The SMILES string of the molecule is c1cncc(OC2CCC2)c1. The quantitative estimate of drug-likeness (QED) is 0.641. The zero-order chi connectivity index (χ0) is 7.52. The lowest BCUT2D eigenvalue weighted by Crippen LogP contribution is -2.24. The summed E-state index contributed by atoms with van der Waals surface area (Å²) in [4.78, 5) is 3.97. The van der Waals surface area contributed by atoms with Crippen LogP contribution in [0.3, 0.4) is 0 Å². The molecule has 1 heterocycles. The summed E-state index contributed by atoms with van der Waals surface area (Å²) in [6.45, 7) is 0. The van der Waals surface area contributed by atoms with Crippen LogP contribution in [-0.4, -0.2) is 11.1 Å². The fraction of sp³-hybridized carbons (Fsp3) is 0.444. The van der Waals surface area contributed by atoms with Crippen LogP contribution in [0, 0.1) is 0 Å². The Hall–Kier alpha value is -1.05. The molecule has 2 nitrogen and oxygen atoms in total. The minimum atomic E-state index is 0.458. The number of ether oxygens (including phenoxy) is 1. The van der Waals surface area contributed by atoms with E-state index in [2.05, 4.69) is 4.98 Å².